The number of anilines is 2. The molecule has 1 aromatic carbocycles. The van der Waals surface area contributed by atoms with Gasteiger partial charge in [-0.05, 0) is 36.1 Å². The predicted octanol–water partition coefficient (Wildman–Crippen LogP) is 2.48. The third kappa shape index (κ3) is 5.03. The lowest BCUT2D eigenvalue weighted by Gasteiger charge is -2.22. The van der Waals surface area contributed by atoms with Crippen LogP contribution in [0.3, 0.4) is 0 Å². The number of benzene rings is 1. The molecule has 3 heteroatoms. The quantitative estimate of drug-likeness (QED) is 0.686. The van der Waals surface area contributed by atoms with Gasteiger partial charge < -0.3 is 16.2 Å². The Balaban J connectivity index is 2.37. The summed E-state index contributed by atoms with van der Waals surface area (Å²) >= 11 is 0. The number of aliphatic hydroxyl groups is 1. The lowest BCUT2D eigenvalue weighted by atomic mass is 9.89. The Morgan fingerprint density at radius 3 is 2.31 bits per heavy atom. The maximum atomic E-state index is 9.81. The molecule has 0 bridgehead atoms. The zero-order chi connectivity index (χ0) is 12.2. The zero-order valence-electron chi connectivity index (χ0n) is 10.3. The van der Waals surface area contributed by atoms with E-state index in [0.29, 0.717) is 6.54 Å². The van der Waals surface area contributed by atoms with Crippen LogP contribution in [0.4, 0.5) is 11.4 Å². The zero-order valence-corrected chi connectivity index (χ0v) is 10.3. The fourth-order valence-corrected chi connectivity index (χ4v) is 1.62. The molecule has 0 amide bonds. The van der Waals surface area contributed by atoms with Gasteiger partial charge in [-0.3, -0.25) is 0 Å². The van der Waals surface area contributed by atoms with Crippen LogP contribution in [0.25, 0.3) is 0 Å². The summed E-state index contributed by atoms with van der Waals surface area (Å²) in [5.74, 6) is 0. The van der Waals surface area contributed by atoms with E-state index in [4.69, 9.17) is 5.73 Å². The van der Waals surface area contributed by atoms with Gasteiger partial charge in [0.05, 0.1) is 6.10 Å². The van der Waals surface area contributed by atoms with E-state index in [-0.39, 0.29) is 11.5 Å². The molecule has 1 aromatic rings. The van der Waals surface area contributed by atoms with Gasteiger partial charge in [-0.2, -0.15) is 0 Å². The van der Waals surface area contributed by atoms with Crippen molar-refractivity contribution in [2.75, 3.05) is 17.6 Å². The monoisotopic (exact) mass is 222 g/mol. The molecule has 90 valence electrons. The lowest BCUT2D eigenvalue weighted by molar-refractivity contribution is 0.132. The van der Waals surface area contributed by atoms with E-state index in [0.717, 1.165) is 17.8 Å². The first kappa shape index (κ1) is 12.8. The minimum Gasteiger partial charge on any atom is -0.399 e. The average molecular weight is 222 g/mol. The Labute approximate surface area is 97.7 Å². The van der Waals surface area contributed by atoms with Crippen LogP contribution in [-0.2, 0) is 0 Å². The van der Waals surface area contributed by atoms with Gasteiger partial charge in [-0.25, -0.2) is 0 Å². The van der Waals surface area contributed by atoms with Gasteiger partial charge in [0.1, 0.15) is 0 Å². The standard InChI is InChI=1S/C13H22N2O/c1-13(2,3)8-12(16)9-15-11-6-4-10(14)5-7-11/h4-7,12,15-16H,8-9,14H2,1-3H3. The first-order valence-corrected chi connectivity index (χ1v) is 5.64. The number of nitrogens with two attached hydrogens (primary N) is 1. The summed E-state index contributed by atoms with van der Waals surface area (Å²) in [5.41, 5.74) is 7.48. The predicted molar refractivity (Wildman–Crippen MR) is 69.4 cm³/mol. The minimum absolute atomic E-state index is 0.155. The average Bonchev–Trinajstić information content (AvgIpc) is 2.14. The van der Waals surface area contributed by atoms with Crippen molar-refractivity contribution in [3.63, 3.8) is 0 Å². The fourth-order valence-electron chi connectivity index (χ4n) is 1.62. The number of nitrogen functional groups attached to an aromatic ring is 1. The molecule has 0 aliphatic rings. The van der Waals surface area contributed by atoms with Crippen molar-refractivity contribution in [2.45, 2.75) is 33.3 Å². The van der Waals surface area contributed by atoms with Crippen molar-refractivity contribution < 1.29 is 5.11 Å². The molecule has 4 N–H and O–H groups in total. The van der Waals surface area contributed by atoms with Crippen molar-refractivity contribution >= 4 is 11.4 Å². The van der Waals surface area contributed by atoms with Gasteiger partial charge in [-0.15, -0.1) is 0 Å². The van der Waals surface area contributed by atoms with Crippen LogP contribution in [0.1, 0.15) is 27.2 Å². The molecule has 0 aliphatic heterocycles. The highest BCUT2D eigenvalue weighted by atomic mass is 16.3. The van der Waals surface area contributed by atoms with Crippen molar-refractivity contribution in [3.05, 3.63) is 24.3 Å². The van der Waals surface area contributed by atoms with Gasteiger partial charge >= 0.3 is 0 Å². The molecule has 1 rings (SSSR count). The van der Waals surface area contributed by atoms with Crippen LogP contribution < -0.4 is 11.1 Å². The summed E-state index contributed by atoms with van der Waals surface area (Å²) in [6, 6.07) is 7.52. The van der Waals surface area contributed by atoms with Crippen LogP contribution in [0.15, 0.2) is 24.3 Å². The first-order valence-electron chi connectivity index (χ1n) is 5.64. The SMILES string of the molecule is CC(C)(C)CC(O)CNc1ccc(N)cc1. The molecular weight excluding hydrogens is 200 g/mol. The maximum Gasteiger partial charge on any atom is 0.0717 e. The highest BCUT2D eigenvalue weighted by Crippen LogP contribution is 2.21. The van der Waals surface area contributed by atoms with E-state index in [1.807, 2.05) is 24.3 Å². The highest BCUT2D eigenvalue weighted by Gasteiger charge is 2.16. The smallest absolute Gasteiger partial charge is 0.0717 e. The molecule has 3 nitrogen and oxygen atoms in total. The number of rotatable bonds is 4. The summed E-state index contributed by atoms with van der Waals surface area (Å²) in [5, 5.41) is 13.0. The Kier molecular flexibility index (Phi) is 4.19. The minimum atomic E-state index is -0.322. The van der Waals surface area contributed by atoms with E-state index >= 15 is 0 Å². The van der Waals surface area contributed by atoms with E-state index in [1.165, 1.54) is 0 Å². The van der Waals surface area contributed by atoms with E-state index in [2.05, 4.69) is 26.1 Å². The molecule has 0 radical (unpaired) electrons. The molecule has 0 spiro atoms. The molecule has 1 atom stereocenters. The second-order valence-corrected chi connectivity index (χ2v) is 5.42. The van der Waals surface area contributed by atoms with Gasteiger partial charge in [0.25, 0.3) is 0 Å². The molecule has 0 fully saturated rings. The van der Waals surface area contributed by atoms with Crippen LogP contribution in [0.5, 0.6) is 0 Å². The molecule has 0 saturated heterocycles. The summed E-state index contributed by atoms with van der Waals surface area (Å²) in [4.78, 5) is 0. The fraction of sp³-hybridized carbons (Fsp3) is 0.538. The maximum absolute atomic E-state index is 9.81. The number of nitrogens with one attached hydrogen (secondary N) is 1. The number of hydrogen-bond donors (Lipinski definition) is 3. The van der Waals surface area contributed by atoms with Crippen LogP contribution in [0, 0.1) is 5.41 Å². The Morgan fingerprint density at radius 1 is 1.25 bits per heavy atom. The van der Waals surface area contributed by atoms with Crippen molar-refractivity contribution in [1.82, 2.24) is 0 Å². The lowest BCUT2D eigenvalue weighted by Crippen LogP contribution is -2.25. The van der Waals surface area contributed by atoms with Crippen molar-refractivity contribution in [1.29, 1.82) is 0 Å². The topological polar surface area (TPSA) is 58.3 Å². The van der Waals surface area contributed by atoms with Crippen LogP contribution in [0.2, 0.25) is 0 Å². The molecular formula is C13H22N2O. The Bertz CT molecular complexity index is 314. The molecule has 0 heterocycles. The summed E-state index contributed by atoms with van der Waals surface area (Å²) < 4.78 is 0. The Hall–Kier alpha value is -1.22. The normalized spacial score (nSPS) is 13.5. The van der Waals surface area contributed by atoms with E-state index in [9.17, 15) is 5.11 Å². The summed E-state index contributed by atoms with van der Waals surface area (Å²) in [6.07, 6.45) is 0.465. The van der Waals surface area contributed by atoms with Crippen molar-refractivity contribution in [3.8, 4) is 0 Å². The second kappa shape index (κ2) is 5.21. The molecule has 0 saturated carbocycles. The van der Waals surface area contributed by atoms with Gasteiger partial charge in [0.2, 0.25) is 0 Å². The third-order valence-corrected chi connectivity index (χ3v) is 2.30. The molecule has 16 heavy (non-hydrogen) atoms. The van der Waals surface area contributed by atoms with Crippen LogP contribution in [-0.4, -0.2) is 17.8 Å². The first-order chi connectivity index (χ1) is 7.37. The molecule has 0 aliphatic carbocycles. The number of aliphatic hydroxyl groups excluding tert-OH is 1. The molecule has 1 unspecified atom stereocenters. The van der Waals surface area contributed by atoms with Gasteiger partial charge in [-0.1, -0.05) is 20.8 Å². The third-order valence-electron chi connectivity index (χ3n) is 2.30. The van der Waals surface area contributed by atoms with Gasteiger partial charge in [0, 0.05) is 17.9 Å². The van der Waals surface area contributed by atoms with Crippen molar-refractivity contribution in [2.24, 2.45) is 5.41 Å². The second-order valence-electron chi connectivity index (χ2n) is 5.42. The summed E-state index contributed by atoms with van der Waals surface area (Å²) in [6.45, 7) is 6.94. The van der Waals surface area contributed by atoms with Gasteiger partial charge in [0.15, 0.2) is 0 Å². The van der Waals surface area contributed by atoms with Crippen LogP contribution >= 0.6 is 0 Å². The highest BCUT2D eigenvalue weighted by molar-refractivity contribution is 5.51. The Morgan fingerprint density at radius 2 is 1.81 bits per heavy atom. The largest absolute Gasteiger partial charge is 0.399 e. The van der Waals surface area contributed by atoms with E-state index in [1.54, 1.807) is 0 Å². The van der Waals surface area contributed by atoms with E-state index < -0.39 is 0 Å². The molecule has 0 aromatic heterocycles. The number of hydrogen-bond acceptors (Lipinski definition) is 3. The summed E-state index contributed by atoms with van der Waals surface area (Å²) in [7, 11) is 0.